The number of halogens is 1. The second-order valence-corrected chi connectivity index (χ2v) is 6.56. The summed E-state index contributed by atoms with van der Waals surface area (Å²) in [5.41, 5.74) is 0.0971. The molecule has 0 spiro atoms. The first-order valence-electron chi connectivity index (χ1n) is 8.61. The third kappa shape index (κ3) is 5.95. The standard InChI is InChI=1S/C19H29FN2O2/c1-5-22(6-2)18(24)13-9-12-17(23)21-14-19(3,4)15-10-7-8-11-16(15)20/h7-8,10-11H,5-6,9,12-14H2,1-4H3,(H,21,23). The second-order valence-electron chi connectivity index (χ2n) is 6.56. The lowest BCUT2D eigenvalue weighted by molar-refractivity contribution is -0.131. The molecule has 0 aliphatic carbocycles. The third-order valence-electron chi connectivity index (χ3n) is 4.24. The maximum Gasteiger partial charge on any atom is 0.222 e. The third-order valence-corrected chi connectivity index (χ3v) is 4.24. The number of amides is 2. The molecule has 0 saturated carbocycles. The zero-order valence-corrected chi connectivity index (χ0v) is 15.2. The average Bonchev–Trinajstić information content (AvgIpc) is 2.54. The van der Waals surface area contributed by atoms with E-state index in [0.717, 1.165) is 0 Å². The Morgan fingerprint density at radius 2 is 1.75 bits per heavy atom. The number of benzene rings is 1. The van der Waals surface area contributed by atoms with Crippen molar-refractivity contribution in [2.24, 2.45) is 0 Å². The van der Waals surface area contributed by atoms with E-state index in [1.807, 2.05) is 27.7 Å². The van der Waals surface area contributed by atoms with Gasteiger partial charge in [0.15, 0.2) is 0 Å². The van der Waals surface area contributed by atoms with Gasteiger partial charge in [0.05, 0.1) is 0 Å². The van der Waals surface area contributed by atoms with E-state index in [1.54, 1.807) is 23.1 Å². The summed E-state index contributed by atoms with van der Waals surface area (Å²) in [6.07, 6.45) is 1.22. The summed E-state index contributed by atoms with van der Waals surface area (Å²) in [5.74, 6) is -0.284. The van der Waals surface area contributed by atoms with Gasteiger partial charge in [-0.3, -0.25) is 9.59 Å². The Bertz CT molecular complexity index is 554. The fraction of sp³-hybridized carbons (Fsp3) is 0.579. The van der Waals surface area contributed by atoms with Gasteiger partial charge >= 0.3 is 0 Å². The molecule has 0 aliphatic rings. The first-order valence-corrected chi connectivity index (χ1v) is 8.61. The molecule has 134 valence electrons. The number of nitrogens with one attached hydrogen (secondary N) is 1. The van der Waals surface area contributed by atoms with E-state index >= 15 is 0 Å². The molecule has 1 N–H and O–H groups in total. The number of nitrogens with zero attached hydrogens (tertiary/aromatic N) is 1. The summed E-state index contributed by atoms with van der Waals surface area (Å²) in [6, 6.07) is 6.61. The molecule has 1 aromatic carbocycles. The van der Waals surface area contributed by atoms with Crippen LogP contribution in [0.1, 0.15) is 52.5 Å². The number of hydrogen-bond donors (Lipinski definition) is 1. The van der Waals surface area contributed by atoms with Crippen LogP contribution in [-0.4, -0.2) is 36.3 Å². The summed E-state index contributed by atoms with van der Waals surface area (Å²) >= 11 is 0. The van der Waals surface area contributed by atoms with Crippen LogP contribution < -0.4 is 5.32 Å². The predicted octanol–water partition coefficient (Wildman–Crippen LogP) is 3.26. The Hall–Kier alpha value is -1.91. The van der Waals surface area contributed by atoms with E-state index in [1.165, 1.54) is 6.07 Å². The molecule has 0 aromatic heterocycles. The highest BCUT2D eigenvalue weighted by Gasteiger charge is 2.24. The molecule has 0 heterocycles. The maximum atomic E-state index is 13.9. The fourth-order valence-electron chi connectivity index (χ4n) is 2.65. The highest BCUT2D eigenvalue weighted by Crippen LogP contribution is 2.24. The molecule has 0 aliphatic heterocycles. The van der Waals surface area contributed by atoms with Crippen LogP contribution in [0.2, 0.25) is 0 Å². The van der Waals surface area contributed by atoms with Crippen molar-refractivity contribution >= 4 is 11.8 Å². The smallest absolute Gasteiger partial charge is 0.222 e. The number of hydrogen-bond acceptors (Lipinski definition) is 2. The van der Waals surface area contributed by atoms with Crippen molar-refractivity contribution in [3.63, 3.8) is 0 Å². The topological polar surface area (TPSA) is 49.4 Å². The number of rotatable bonds is 9. The lowest BCUT2D eigenvalue weighted by atomic mass is 9.84. The zero-order chi connectivity index (χ0) is 18.2. The van der Waals surface area contributed by atoms with Crippen molar-refractivity contribution in [1.29, 1.82) is 0 Å². The molecule has 0 atom stereocenters. The Kier molecular flexibility index (Phi) is 7.89. The molecule has 0 fully saturated rings. The summed E-state index contributed by atoms with van der Waals surface area (Å²) in [6.45, 7) is 9.43. The molecule has 4 nitrogen and oxygen atoms in total. The minimum atomic E-state index is -0.488. The Labute approximate surface area is 144 Å². The number of carbonyl (C=O) groups excluding carboxylic acids is 2. The van der Waals surface area contributed by atoms with Gasteiger partial charge < -0.3 is 10.2 Å². The maximum absolute atomic E-state index is 13.9. The van der Waals surface area contributed by atoms with Crippen molar-refractivity contribution in [2.75, 3.05) is 19.6 Å². The molecule has 0 saturated heterocycles. The highest BCUT2D eigenvalue weighted by atomic mass is 19.1. The lowest BCUT2D eigenvalue weighted by Crippen LogP contribution is -2.37. The van der Waals surface area contributed by atoms with Gasteiger partial charge in [0.2, 0.25) is 11.8 Å². The lowest BCUT2D eigenvalue weighted by Gasteiger charge is -2.26. The quantitative estimate of drug-likeness (QED) is 0.752. The molecule has 1 aromatic rings. The molecular formula is C19H29FN2O2. The van der Waals surface area contributed by atoms with Gasteiger partial charge in [0, 0.05) is 37.9 Å². The molecule has 24 heavy (non-hydrogen) atoms. The Morgan fingerprint density at radius 1 is 1.12 bits per heavy atom. The normalized spacial score (nSPS) is 11.2. The molecule has 0 bridgehead atoms. The molecule has 2 amide bonds. The van der Waals surface area contributed by atoms with Gasteiger partial charge in [0.1, 0.15) is 5.82 Å². The highest BCUT2D eigenvalue weighted by molar-refractivity contribution is 5.79. The van der Waals surface area contributed by atoms with Gasteiger partial charge in [-0.05, 0) is 31.9 Å². The van der Waals surface area contributed by atoms with Gasteiger partial charge in [-0.1, -0.05) is 32.0 Å². The summed E-state index contributed by atoms with van der Waals surface area (Å²) < 4.78 is 13.9. The van der Waals surface area contributed by atoms with Crippen LogP contribution in [-0.2, 0) is 15.0 Å². The average molecular weight is 336 g/mol. The van der Waals surface area contributed by atoms with E-state index in [-0.39, 0.29) is 17.6 Å². The second kappa shape index (κ2) is 9.40. The summed E-state index contributed by atoms with van der Waals surface area (Å²) in [5, 5.41) is 2.85. The summed E-state index contributed by atoms with van der Waals surface area (Å²) in [7, 11) is 0. The van der Waals surface area contributed by atoms with Gasteiger partial charge in [-0.25, -0.2) is 4.39 Å². The first-order chi connectivity index (χ1) is 11.3. The largest absolute Gasteiger partial charge is 0.355 e. The minimum Gasteiger partial charge on any atom is -0.355 e. The minimum absolute atomic E-state index is 0.0829. The van der Waals surface area contributed by atoms with Crippen molar-refractivity contribution in [3.8, 4) is 0 Å². The van der Waals surface area contributed by atoms with Crippen LogP contribution in [0.5, 0.6) is 0 Å². The molecule has 1 rings (SSSR count). The molecular weight excluding hydrogens is 307 g/mol. The van der Waals surface area contributed by atoms with E-state index in [4.69, 9.17) is 0 Å². The van der Waals surface area contributed by atoms with E-state index in [2.05, 4.69) is 5.32 Å². The van der Waals surface area contributed by atoms with Crippen LogP contribution in [0.4, 0.5) is 4.39 Å². The van der Waals surface area contributed by atoms with Gasteiger partial charge in [-0.15, -0.1) is 0 Å². The van der Waals surface area contributed by atoms with Crippen LogP contribution in [0.25, 0.3) is 0 Å². The van der Waals surface area contributed by atoms with Gasteiger partial charge in [-0.2, -0.15) is 0 Å². The monoisotopic (exact) mass is 336 g/mol. The van der Waals surface area contributed by atoms with Gasteiger partial charge in [0.25, 0.3) is 0 Å². The molecule has 0 radical (unpaired) electrons. The van der Waals surface area contributed by atoms with Crippen LogP contribution >= 0.6 is 0 Å². The Balaban J connectivity index is 2.41. The van der Waals surface area contributed by atoms with Crippen molar-refractivity contribution < 1.29 is 14.0 Å². The fourth-order valence-corrected chi connectivity index (χ4v) is 2.65. The molecule has 0 unspecified atom stereocenters. The first kappa shape index (κ1) is 20.1. The number of carbonyl (C=O) groups is 2. The predicted molar refractivity (Wildman–Crippen MR) is 94.2 cm³/mol. The Morgan fingerprint density at radius 3 is 2.33 bits per heavy atom. The SMILES string of the molecule is CCN(CC)C(=O)CCCC(=O)NCC(C)(C)c1ccccc1F. The van der Waals surface area contributed by atoms with E-state index in [0.29, 0.717) is 44.5 Å². The van der Waals surface area contributed by atoms with Crippen LogP contribution in [0.15, 0.2) is 24.3 Å². The van der Waals surface area contributed by atoms with Crippen molar-refractivity contribution in [2.45, 2.75) is 52.4 Å². The van der Waals surface area contributed by atoms with Crippen LogP contribution in [0, 0.1) is 5.82 Å². The summed E-state index contributed by atoms with van der Waals surface area (Å²) in [4.78, 5) is 25.6. The van der Waals surface area contributed by atoms with Crippen LogP contribution in [0.3, 0.4) is 0 Å². The molecule has 5 heteroatoms. The van der Waals surface area contributed by atoms with E-state index < -0.39 is 5.41 Å². The zero-order valence-electron chi connectivity index (χ0n) is 15.2. The van der Waals surface area contributed by atoms with E-state index in [9.17, 15) is 14.0 Å². The van der Waals surface area contributed by atoms with Crippen molar-refractivity contribution in [3.05, 3.63) is 35.6 Å². The van der Waals surface area contributed by atoms with Crippen molar-refractivity contribution in [1.82, 2.24) is 10.2 Å².